The SMILES string of the molecule is CC(C)(C)OC(=O)N(C(=O)OC(C)(C)C)c1cc(OCc2c(OCC3CC3)ccc(F)c2F)ncc1F. The number of rotatable bonds is 7. The molecule has 0 unspecified atom stereocenters. The molecular formula is C26H31F3N2O6. The average Bonchev–Trinajstić information content (AvgIpc) is 3.58. The fraction of sp³-hybridized carbons (Fsp3) is 0.500. The number of carbonyl (C=O) groups excluding carboxylic acids is 2. The van der Waals surface area contributed by atoms with Crippen LogP contribution in [0.4, 0.5) is 28.4 Å². The first kappa shape index (κ1) is 28.1. The van der Waals surface area contributed by atoms with Crippen molar-refractivity contribution in [3.05, 3.63) is 47.4 Å². The molecule has 1 aliphatic rings. The quantitative estimate of drug-likeness (QED) is 0.406. The normalized spacial score (nSPS) is 13.6. The van der Waals surface area contributed by atoms with E-state index >= 15 is 0 Å². The summed E-state index contributed by atoms with van der Waals surface area (Å²) in [4.78, 5) is 29.9. The smallest absolute Gasteiger partial charge is 0.424 e. The second kappa shape index (κ2) is 10.9. The molecule has 37 heavy (non-hydrogen) atoms. The number of aromatic nitrogens is 1. The first-order valence-corrected chi connectivity index (χ1v) is 11.8. The van der Waals surface area contributed by atoms with Gasteiger partial charge in [-0.15, -0.1) is 0 Å². The molecule has 0 spiro atoms. The number of anilines is 1. The first-order chi connectivity index (χ1) is 17.1. The lowest BCUT2D eigenvalue weighted by Gasteiger charge is -2.28. The molecule has 0 saturated heterocycles. The molecule has 1 saturated carbocycles. The molecule has 1 aliphatic carbocycles. The lowest BCUT2D eigenvalue weighted by atomic mass is 10.2. The number of hydrogen-bond acceptors (Lipinski definition) is 7. The molecule has 1 heterocycles. The van der Waals surface area contributed by atoms with Crippen molar-refractivity contribution in [1.29, 1.82) is 0 Å². The lowest BCUT2D eigenvalue weighted by Crippen LogP contribution is -2.44. The highest BCUT2D eigenvalue weighted by molar-refractivity contribution is 6.09. The van der Waals surface area contributed by atoms with Crippen LogP contribution in [0.2, 0.25) is 0 Å². The molecule has 1 aromatic carbocycles. The largest absolute Gasteiger partial charge is 0.493 e. The van der Waals surface area contributed by atoms with Crippen molar-refractivity contribution in [3.8, 4) is 11.6 Å². The molecule has 8 nitrogen and oxygen atoms in total. The van der Waals surface area contributed by atoms with Gasteiger partial charge in [0.1, 0.15) is 29.2 Å². The molecule has 0 aliphatic heterocycles. The number of nitrogens with zero attached hydrogens (tertiary/aromatic N) is 2. The summed E-state index contributed by atoms with van der Waals surface area (Å²) in [7, 11) is 0. The Balaban J connectivity index is 1.89. The molecule has 2 aromatic rings. The van der Waals surface area contributed by atoms with Crippen LogP contribution < -0.4 is 14.4 Å². The summed E-state index contributed by atoms with van der Waals surface area (Å²) in [5, 5.41) is 0. The van der Waals surface area contributed by atoms with Gasteiger partial charge < -0.3 is 18.9 Å². The Morgan fingerprint density at radius 1 is 0.946 bits per heavy atom. The van der Waals surface area contributed by atoms with Crippen LogP contribution in [0.5, 0.6) is 11.6 Å². The minimum absolute atomic E-state index is 0.109. The van der Waals surface area contributed by atoms with Crippen molar-refractivity contribution in [3.63, 3.8) is 0 Å². The van der Waals surface area contributed by atoms with E-state index in [9.17, 15) is 22.8 Å². The van der Waals surface area contributed by atoms with Gasteiger partial charge in [-0.05, 0) is 72.4 Å². The highest BCUT2D eigenvalue weighted by Gasteiger charge is 2.35. The third kappa shape index (κ3) is 7.99. The van der Waals surface area contributed by atoms with Gasteiger partial charge >= 0.3 is 12.2 Å². The van der Waals surface area contributed by atoms with E-state index < -0.39 is 53.1 Å². The Bertz CT molecular complexity index is 1130. The topological polar surface area (TPSA) is 87.2 Å². The molecule has 0 atom stereocenters. The summed E-state index contributed by atoms with van der Waals surface area (Å²) < 4.78 is 64.9. The fourth-order valence-electron chi connectivity index (χ4n) is 3.03. The fourth-order valence-corrected chi connectivity index (χ4v) is 3.03. The highest BCUT2D eigenvalue weighted by Crippen LogP contribution is 2.32. The maximum absolute atomic E-state index is 14.8. The minimum atomic E-state index is -1.19. The van der Waals surface area contributed by atoms with Crippen LogP contribution >= 0.6 is 0 Å². The van der Waals surface area contributed by atoms with Crippen molar-refractivity contribution in [1.82, 2.24) is 4.98 Å². The molecule has 202 valence electrons. The van der Waals surface area contributed by atoms with Crippen molar-refractivity contribution in [2.45, 2.75) is 72.2 Å². The molecular weight excluding hydrogens is 493 g/mol. The summed E-state index contributed by atoms with van der Waals surface area (Å²) in [6, 6.07) is 3.22. The zero-order valence-corrected chi connectivity index (χ0v) is 21.7. The third-order valence-electron chi connectivity index (χ3n) is 4.89. The molecule has 0 N–H and O–H groups in total. The second-order valence-electron chi connectivity index (χ2n) is 10.7. The number of ether oxygens (including phenoxy) is 4. The van der Waals surface area contributed by atoms with Crippen molar-refractivity contribution in [2.75, 3.05) is 11.5 Å². The molecule has 1 aromatic heterocycles. The molecule has 0 bridgehead atoms. The van der Waals surface area contributed by atoms with E-state index in [0.29, 0.717) is 17.4 Å². The van der Waals surface area contributed by atoms with Gasteiger partial charge in [-0.25, -0.2) is 27.7 Å². The third-order valence-corrected chi connectivity index (χ3v) is 4.89. The van der Waals surface area contributed by atoms with Crippen LogP contribution in [0.3, 0.4) is 0 Å². The number of halogens is 3. The second-order valence-corrected chi connectivity index (χ2v) is 10.7. The zero-order valence-electron chi connectivity index (χ0n) is 21.7. The van der Waals surface area contributed by atoms with Gasteiger partial charge in [0.25, 0.3) is 0 Å². The standard InChI is InChI=1S/C26H31F3N2O6/c1-25(2,3)36-23(32)31(24(33)37-26(4,5)6)19-11-21(30-12-18(19)28)35-14-16-20(34-13-15-7-8-15)10-9-17(27)22(16)29/h9-12,15H,7-8,13-14H2,1-6H3. The van der Waals surface area contributed by atoms with Gasteiger partial charge in [-0.3, -0.25) is 0 Å². The van der Waals surface area contributed by atoms with Gasteiger partial charge in [0.2, 0.25) is 5.88 Å². The number of pyridine rings is 1. The summed E-state index contributed by atoms with van der Waals surface area (Å²) in [6.07, 6.45) is 0.348. The Hall–Kier alpha value is -3.50. The van der Waals surface area contributed by atoms with Crippen molar-refractivity contribution < 1.29 is 41.7 Å². The van der Waals surface area contributed by atoms with Gasteiger partial charge in [0.05, 0.1) is 18.4 Å². The van der Waals surface area contributed by atoms with E-state index in [2.05, 4.69) is 4.98 Å². The highest BCUT2D eigenvalue weighted by atomic mass is 19.2. The van der Waals surface area contributed by atoms with Crippen LogP contribution in [0.15, 0.2) is 24.4 Å². The summed E-state index contributed by atoms with van der Waals surface area (Å²) >= 11 is 0. The van der Waals surface area contributed by atoms with E-state index in [1.54, 1.807) is 41.5 Å². The number of amides is 2. The number of benzene rings is 1. The maximum atomic E-state index is 14.8. The van der Waals surface area contributed by atoms with Crippen LogP contribution in [0.1, 0.15) is 59.9 Å². The predicted octanol–water partition coefficient (Wildman–Crippen LogP) is 6.54. The number of carbonyl (C=O) groups is 2. The predicted molar refractivity (Wildman–Crippen MR) is 128 cm³/mol. The van der Waals surface area contributed by atoms with E-state index in [1.807, 2.05) is 0 Å². The Labute approximate surface area is 213 Å². The summed E-state index contributed by atoms with van der Waals surface area (Å²) in [5.41, 5.74) is -2.76. The van der Waals surface area contributed by atoms with E-state index in [4.69, 9.17) is 18.9 Å². The molecule has 0 radical (unpaired) electrons. The summed E-state index contributed by atoms with van der Waals surface area (Å²) in [5.74, 6) is -3.09. The molecule has 3 rings (SSSR count). The van der Waals surface area contributed by atoms with E-state index in [-0.39, 0.29) is 17.2 Å². The minimum Gasteiger partial charge on any atom is -0.493 e. The monoisotopic (exact) mass is 524 g/mol. The molecule has 11 heteroatoms. The van der Waals surface area contributed by atoms with Crippen molar-refractivity contribution in [2.24, 2.45) is 5.92 Å². The number of imide groups is 1. The lowest BCUT2D eigenvalue weighted by molar-refractivity contribution is 0.0428. The Morgan fingerprint density at radius 2 is 1.54 bits per heavy atom. The van der Waals surface area contributed by atoms with Crippen molar-refractivity contribution >= 4 is 17.9 Å². The Morgan fingerprint density at radius 3 is 2.08 bits per heavy atom. The average molecular weight is 525 g/mol. The zero-order chi connectivity index (χ0) is 27.5. The molecule has 2 amide bonds. The van der Waals surface area contributed by atoms with E-state index in [1.165, 1.54) is 6.07 Å². The molecule has 1 fully saturated rings. The first-order valence-electron chi connectivity index (χ1n) is 11.8. The number of hydrogen-bond donors (Lipinski definition) is 0. The van der Waals surface area contributed by atoms with Gasteiger partial charge in [0.15, 0.2) is 17.5 Å². The van der Waals surface area contributed by atoms with Gasteiger partial charge in [-0.2, -0.15) is 4.90 Å². The van der Waals surface area contributed by atoms with E-state index in [0.717, 1.165) is 31.2 Å². The Kier molecular flexibility index (Phi) is 8.24. The van der Waals surface area contributed by atoms with Gasteiger partial charge in [0, 0.05) is 6.07 Å². The maximum Gasteiger partial charge on any atom is 0.424 e. The van der Waals surface area contributed by atoms with Gasteiger partial charge in [-0.1, -0.05) is 0 Å². The van der Waals surface area contributed by atoms with Crippen LogP contribution in [-0.4, -0.2) is 35.0 Å². The van der Waals surface area contributed by atoms with Crippen LogP contribution in [0.25, 0.3) is 0 Å². The summed E-state index contributed by atoms with van der Waals surface area (Å²) in [6.45, 7) is 9.30. The van der Waals surface area contributed by atoms with Crippen LogP contribution in [-0.2, 0) is 16.1 Å². The van der Waals surface area contributed by atoms with Crippen LogP contribution in [0, 0.1) is 23.4 Å².